The average Bonchev–Trinajstić information content (AvgIpc) is 2.32. The van der Waals surface area contributed by atoms with Gasteiger partial charge in [-0.2, -0.15) is 0 Å². The molecule has 2 atom stereocenters. The van der Waals surface area contributed by atoms with Gasteiger partial charge < -0.3 is 5.32 Å². The van der Waals surface area contributed by atoms with Gasteiger partial charge in [-0.25, -0.2) is 8.42 Å². The van der Waals surface area contributed by atoms with Crippen molar-refractivity contribution in [1.82, 2.24) is 10.2 Å². The molecule has 2 rings (SSSR count). The zero-order valence-corrected chi connectivity index (χ0v) is 11.5. The highest BCUT2D eigenvalue weighted by molar-refractivity contribution is 7.91. The summed E-state index contributed by atoms with van der Waals surface area (Å²) < 4.78 is 22.7. The van der Waals surface area contributed by atoms with Crippen LogP contribution in [0.1, 0.15) is 26.2 Å². The van der Waals surface area contributed by atoms with Crippen LogP contribution in [0.4, 0.5) is 0 Å². The SMILES string of the molecule is CCC1CCNC(CN2CCS(=O)(=O)CC2)C1. The van der Waals surface area contributed by atoms with Gasteiger partial charge in [0.15, 0.2) is 9.84 Å². The largest absolute Gasteiger partial charge is 0.313 e. The summed E-state index contributed by atoms with van der Waals surface area (Å²) in [7, 11) is -2.73. The monoisotopic (exact) mass is 260 g/mol. The van der Waals surface area contributed by atoms with Crippen molar-refractivity contribution in [3.05, 3.63) is 0 Å². The number of nitrogens with zero attached hydrogens (tertiary/aromatic N) is 1. The molecule has 1 N–H and O–H groups in total. The Hall–Kier alpha value is -0.130. The fourth-order valence-electron chi connectivity index (χ4n) is 2.85. The molecule has 0 aliphatic carbocycles. The summed E-state index contributed by atoms with van der Waals surface area (Å²) in [5, 5.41) is 3.56. The minimum atomic E-state index is -2.73. The van der Waals surface area contributed by atoms with E-state index < -0.39 is 9.84 Å². The van der Waals surface area contributed by atoms with E-state index in [-0.39, 0.29) is 0 Å². The van der Waals surface area contributed by atoms with E-state index in [9.17, 15) is 8.42 Å². The number of piperidine rings is 1. The standard InChI is InChI=1S/C12H24N2O2S/c1-2-11-3-4-13-12(9-11)10-14-5-7-17(15,16)8-6-14/h11-13H,2-10H2,1H3. The Morgan fingerprint density at radius 2 is 2.00 bits per heavy atom. The molecule has 2 aliphatic rings. The quantitative estimate of drug-likeness (QED) is 0.802. The van der Waals surface area contributed by atoms with E-state index in [4.69, 9.17) is 0 Å². The maximum Gasteiger partial charge on any atom is 0.152 e. The lowest BCUT2D eigenvalue weighted by molar-refractivity contribution is 0.209. The molecule has 0 saturated carbocycles. The first-order valence-corrected chi connectivity index (χ1v) is 8.57. The smallest absolute Gasteiger partial charge is 0.152 e. The zero-order valence-electron chi connectivity index (χ0n) is 10.7. The maximum atomic E-state index is 11.3. The van der Waals surface area contributed by atoms with Crippen LogP contribution in [0.2, 0.25) is 0 Å². The maximum absolute atomic E-state index is 11.3. The van der Waals surface area contributed by atoms with Crippen LogP contribution in [0.25, 0.3) is 0 Å². The van der Waals surface area contributed by atoms with E-state index in [2.05, 4.69) is 17.1 Å². The lowest BCUT2D eigenvalue weighted by Crippen LogP contribution is -2.49. The minimum Gasteiger partial charge on any atom is -0.313 e. The van der Waals surface area contributed by atoms with Gasteiger partial charge in [0.2, 0.25) is 0 Å². The fourth-order valence-corrected chi connectivity index (χ4v) is 4.13. The Bertz CT molecular complexity index is 328. The predicted molar refractivity (Wildman–Crippen MR) is 69.9 cm³/mol. The molecule has 2 fully saturated rings. The summed E-state index contributed by atoms with van der Waals surface area (Å²) in [6.07, 6.45) is 3.81. The van der Waals surface area contributed by atoms with Crippen molar-refractivity contribution in [3.8, 4) is 0 Å². The van der Waals surface area contributed by atoms with E-state index >= 15 is 0 Å². The van der Waals surface area contributed by atoms with Gasteiger partial charge in [0.1, 0.15) is 0 Å². The molecule has 0 aromatic carbocycles. The third kappa shape index (κ3) is 3.93. The third-order valence-corrected chi connectivity index (χ3v) is 5.71. The molecule has 2 aliphatic heterocycles. The number of hydrogen-bond acceptors (Lipinski definition) is 4. The van der Waals surface area contributed by atoms with Crippen LogP contribution in [0.15, 0.2) is 0 Å². The van der Waals surface area contributed by atoms with Gasteiger partial charge in [-0.15, -0.1) is 0 Å². The first kappa shape index (κ1) is 13.3. The second kappa shape index (κ2) is 5.67. The third-order valence-electron chi connectivity index (χ3n) is 4.10. The predicted octanol–water partition coefficient (Wildman–Crippen LogP) is 0.495. The molecule has 0 bridgehead atoms. The Kier molecular flexibility index (Phi) is 4.44. The average molecular weight is 260 g/mol. The summed E-state index contributed by atoms with van der Waals surface area (Å²) in [6, 6.07) is 0.564. The summed E-state index contributed by atoms with van der Waals surface area (Å²) in [4.78, 5) is 2.30. The Labute approximate surface area is 105 Å². The van der Waals surface area contributed by atoms with Gasteiger partial charge >= 0.3 is 0 Å². The van der Waals surface area contributed by atoms with Gasteiger partial charge in [0.25, 0.3) is 0 Å². The molecule has 2 unspecified atom stereocenters. The zero-order chi connectivity index (χ0) is 12.3. The van der Waals surface area contributed by atoms with Crippen LogP contribution < -0.4 is 5.32 Å². The van der Waals surface area contributed by atoms with Crippen molar-refractivity contribution in [2.45, 2.75) is 32.2 Å². The van der Waals surface area contributed by atoms with E-state index in [1.165, 1.54) is 19.3 Å². The molecule has 4 nitrogen and oxygen atoms in total. The van der Waals surface area contributed by atoms with Gasteiger partial charge in [-0.1, -0.05) is 13.3 Å². The van der Waals surface area contributed by atoms with E-state index in [0.717, 1.165) is 32.1 Å². The molecular weight excluding hydrogens is 236 g/mol. The number of sulfone groups is 1. The Morgan fingerprint density at radius 1 is 1.29 bits per heavy atom. The second-order valence-corrected chi connectivity index (χ2v) is 7.71. The molecule has 2 heterocycles. The van der Waals surface area contributed by atoms with Crippen molar-refractivity contribution >= 4 is 9.84 Å². The molecule has 0 aromatic heterocycles. The molecule has 0 spiro atoms. The molecule has 17 heavy (non-hydrogen) atoms. The number of hydrogen-bond donors (Lipinski definition) is 1. The summed E-state index contributed by atoms with van der Waals surface area (Å²) in [6.45, 7) is 5.84. The van der Waals surface area contributed by atoms with Crippen LogP contribution in [0.3, 0.4) is 0 Å². The number of rotatable bonds is 3. The van der Waals surface area contributed by atoms with E-state index in [1.54, 1.807) is 0 Å². The van der Waals surface area contributed by atoms with Crippen molar-refractivity contribution < 1.29 is 8.42 Å². The molecule has 5 heteroatoms. The highest BCUT2D eigenvalue weighted by atomic mass is 32.2. The molecule has 0 amide bonds. The fraction of sp³-hybridized carbons (Fsp3) is 1.00. The van der Waals surface area contributed by atoms with Gasteiger partial charge in [-0.3, -0.25) is 4.90 Å². The molecular formula is C12H24N2O2S. The van der Waals surface area contributed by atoms with E-state index in [1.807, 2.05) is 0 Å². The summed E-state index contributed by atoms with van der Waals surface area (Å²) in [5.41, 5.74) is 0. The first-order valence-electron chi connectivity index (χ1n) is 6.75. The minimum absolute atomic E-state index is 0.344. The van der Waals surface area contributed by atoms with Crippen LogP contribution in [-0.4, -0.2) is 57.0 Å². The molecule has 100 valence electrons. The van der Waals surface area contributed by atoms with E-state index in [0.29, 0.717) is 17.5 Å². The van der Waals surface area contributed by atoms with Gasteiger partial charge in [0.05, 0.1) is 11.5 Å². The molecule has 0 aromatic rings. The lowest BCUT2D eigenvalue weighted by atomic mass is 9.90. The molecule has 2 saturated heterocycles. The van der Waals surface area contributed by atoms with Crippen molar-refractivity contribution in [3.63, 3.8) is 0 Å². The van der Waals surface area contributed by atoms with Gasteiger partial charge in [0, 0.05) is 25.7 Å². The van der Waals surface area contributed by atoms with Gasteiger partial charge in [-0.05, 0) is 25.3 Å². The van der Waals surface area contributed by atoms with Crippen LogP contribution in [-0.2, 0) is 9.84 Å². The normalized spacial score (nSPS) is 34.6. The summed E-state index contributed by atoms with van der Waals surface area (Å²) >= 11 is 0. The first-order chi connectivity index (χ1) is 8.09. The highest BCUT2D eigenvalue weighted by Crippen LogP contribution is 2.20. The van der Waals surface area contributed by atoms with Crippen molar-refractivity contribution in [1.29, 1.82) is 0 Å². The van der Waals surface area contributed by atoms with Crippen LogP contribution >= 0.6 is 0 Å². The summed E-state index contributed by atoms with van der Waals surface area (Å²) in [5.74, 6) is 1.54. The van der Waals surface area contributed by atoms with Crippen LogP contribution in [0, 0.1) is 5.92 Å². The molecule has 0 radical (unpaired) electrons. The Morgan fingerprint density at radius 3 is 2.65 bits per heavy atom. The van der Waals surface area contributed by atoms with Crippen molar-refractivity contribution in [2.24, 2.45) is 5.92 Å². The topological polar surface area (TPSA) is 49.4 Å². The Balaban J connectivity index is 1.77. The second-order valence-electron chi connectivity index (χ2n) is 5.40. The van der Waals surface area contributed by atoms with Crippen LogP contribution in [0.5, 0.6) is 0 Å². The highest BCUT2D eigenvalue weighted by Gasteiger charge is 2.26. The lowest BCUT2D eigenvalue weighted by Gasteiger charge is -2.35. The number of nitrogens with one attached hydrogen (secondary N) is 1. The van der Waals surface area contributed by atoms with Crippen molar-refractivity contribution in [2.75, 3.05) is 37.7 Å².